The van der Waals surface area contributed by atoms with Crippen molar-refractivity contribution in [2.75, 3.05) is 31.7 Å². The molecule has 0 aliphatic carbocycles. The normalized spacial score (nSPS) is 20.9. The molecule has 0 bridgehead atoms. The second-order valence-electron chi connectivity index (χ2n) is 6.29. The minimum absolute atomic E-state index is 0.0721. The van der Waals surface area contributed by atoms with Crippen LogP contribution in [-0.2, 0) is 20.5 Å². The van der Waals surface area contributed by atoms with Gasteiger partial charge in [-0.25, -0.2) is 5.06 Å². The van der Waals surface area contributed by atoms with E-state index in [0.29, 0.717) is 26.2 Å². The standard InChI is InChI=1S/C17H19F3N2O4/c18-17(19,20)13-7-12(16(24)22-4-1-2-5-26-22)8-14(9-13)21-15(23)11-3-6-25-10-11/h7-9,11H,1-6,10H2,(H,21,23). The number of hydrogen-bond donors (Lipinski definition) is 1. The molecule has 2 saturated heterocycles. The first kappa shape index (κ1) is 18.7. The van der Waals surface area contributed by atoms with Crippen molar-refractivity contribution in [3.8, 4) is 0 Å². The number of halogens is 3. The van der Waals surface area contributed by atoms with Crippen LogP contribution >= 0.6 is 0 Å². The van der Waals surface area contributed by atoms with Gasteiger partial charge in [-0.2, -0.15) is 13.2 Å². The molecule has 1 atom stereocenters. The summed E-state index contributed by atoms with van der Waals surface area (Å²) in [4.78, 5) is 29.9. The van der Waals surface area contributed by atoms with Crippen molar-refractivity contribution >= 4 is 17.5 Å². The maximum Gasteiger partial charge on any atom is 0.416 e. The summed E-state index contributed by atoms with van der Waals surface area (Å²) < 4.78 is 44.7. The number of nitrogens with one attached hydrogen (secondary N) is 1. The van der Waals surface area contributed by atoms with Crippen LogP contribution < -0.4 is 5.32 Å². The van der Waals surface area contributed by atoms with Crippen LogP contribution in [0.1, 0.15) is 35.2 Å². The van der Waals surface area contributed by atoms with Crippen LogP contribution in [0.25, 0.3) is 0 Å². The van der Waals surface area contributed by atoms with E-state index in [-0.39, 0.29) is 17.9 Å². The third-order valence-electron chi connectivity index (χ3n) is 4.30. The van der Waals surface area contributed by atoms with Crippen molar-refractivity contribution in [1.82, 2.24) is 5.06 Å². The highest BCUT2D eigenvalue weighted by Crippen LogP contribution is 2.33. The molecule has 0 radical (unpaired) electrons. The highest BCUT2D eigenvalue weighted by Gasteiger charge is 2.33. The molecular formula is C17H19F3N2O4. The lowest BCUT2D eigenvalue weighted by atomic mass is 10.1. The van der Waals surface area contributed by atoms with E-state index in [1.807, 2.05) is 0 Å². The van der Waals surface area contributed by atoms with Gasteiger partial charge in [-0.1, -0.05) is 0 Å². The summed E-state index contributed by atoms with van der Waals surface area (Å²) >= 11 is 0. The molecule has 2 fully saturated rings. The molecule has 1 N–H and O–H groups in total. The van der Waals surface area contributed by atoms with Crippen LogP contribution in [0, 0.1) is 5.92 Å². The minimum atomic E-state index is -4.64. The van der Waals surface area contributed by atoms with Crippen molar-refractivity contribution in [3.05, 3.63) is 29.3 Å². The van der Waals surface area contributed by atoms with E-state index in [9.17, 15) is 22.8 Å². The number of carbonyl (C=O) groups excluding carboxylic acids is 2. The molecule has 9 heteroatoms. The van der Waals surface area contributed by atoms with E-state index in [4.69, 9.17) is 9.57 Å². The number of rotatable bonds is 3. The molecule has 0 aromatic heterocycles. The van der Waals surface area contributed by atoms with Crippen LogP contribution in [-0.4, -0.2) is 43.2 Å². The zero-order chi connectivity index (χ0) is 18.7. The molecule has 2 heterocycles. The predicted molar refractivity (Wildman–Crippen MR) is 85.2 cm³/mol. The van der Waals surface area contributed by atoms with E-state index < -0.39 is 29.5 Å². The fourth-order valence-electron chi connectivity index (χ4n) is 2.87. The van der Waals surface area contributed by atoms with E-state index in [0.717, 1.165) is 30.0 Å². The summed E-state index contributed by atoms with van der Waals surface area (Å²) in [5.41, 5.74) is -1.25. The van der Waals surface area contributed by atoms with Gasteiger partial charge in [0.25, 0.3) is 5.91 Å². The number of amides is 2. The Labute approximate surface area is 148 Å². The molecule has 26 heavy (non-hydrogen) atoms. The highest BCUT2D eigenvalue weighted by molar-refractivity contribution is 5.97. The molecule has 3 rings (SSSR count). The molecule has 142 valence electrons. The van der Waals surface area contributed by atoms with Gasteiger partial charge in [0, 0.05) is 24.4 Å². The first-order chi connectivity index (χ1) is 12.3. The van der Waals surface area contributed by atoms with Gasteiger partial charge < -0.3 is 10.1 Å². The lowest BCUT2D eigenvalue weighted by Crippen LogP contribution is -2.36. The Kier molecular flexibility index (Phi) is 5.47. The molecule has 1 aromatic rings. The summed E-state index contributed by atoms with van der Waals surface area (Å²) in [5, 5.41) is 3.53. The predicted octanol–water partition coefficient (Wildman–Crippen LogP) is 2.85. The Hall–Kier alpha value is -2.13. The van der Waals surface area contributed by atoms with Crippen molar-refractivity contribution < 1.29 is 32.3 Å². The monoisotopic (exact) mass is 372 g/mol. The summed E-state index contributed by atoms with van der Waals surface area (Å²) in [7, 11) is 0. The third kappa shape index (κ3) is 4.34. The number of carbonyl (C=O) groups is 2. The van der Waals surface area contributed by atoms with Gasteiger partial charge in [0.1, 0.15) is 0 Å². The molecular weight excluding hydrogens is 353 g/mol. The molecule has 1 aromatic carbocycles. The topological polar surface area (TPSA) is 67.9 Å². The van der Waals surface area contributed by atoms with Gasteiger partial charge in [-0.05, 0) is 37.5 Å². The van der Waals surface area contributed by atoms with Crippen LogP contribution in [0.5, 0.6) is 0 Å². The SMILES string of the molecule is O=C(Nc1cc(C(=O)N2CCCCO2)cc(C(F)(F)F)c1)C1CCOC1. The van der Waals surface area contributed by atoms with Crippen molar-refractivity contribution in [1.29, 1.82) is 0 Å². The summed E-state index contributed by atoms with van der Waals surface area (Å²) in [6.45, 7) is 1.33. The molecule has 0 spiro atoms. The smallest absolute Gasteiger partial charge is 0.381 e. The first-order valence-electron chi connectivity index (χ1n) is 8.40. The van der Waals surface area contributed by atoms with Gasteiger partial charge >= 0.3 is 6.18 Å². The molecule has 2 amide bonds. The van der Waals surface area contributed by atoms with Crippen LogP contribution in [0.15, 0.2) is 18.2 Å². The number of hydroxylamine groups is 2. The summed E-state index contributed by atoms with van der Waals surface area (Å²) in [6, 6.07) is 2.83. The zero-order valence-electron chi connectivity index (χ0n) is 14.0. The van der Waals surface area contributed by atoms with Gasteiger partial charge in [-0.3, -0.25) is 14.4 Å². The maximum absolute atomic E-state index is 13.2. The first-order valence-corrected chi connectivity index (χ1v) is 8.40. The summed E-state index contributed by atoms with van der Waals surface area (Å²) in [6.07, 6.45) is -2.62. The molecule has 2 aliphatic rings. The van der Waals surface area contributed by atoms with E-state index in [2.05, 4.69) is 5.32 Å². The Morgan fingerprint density at radius 1 is 1.15 bits per heavy atom. The van der Waals surface area contributed by atoms with E-state index in [1.165, 1.54) is 6.07 Å². The number of hydrogen-bond acceptors (Lipinski definition) is 4. The van der Waals surface area contributed by atoms with Crippen LogP contribution in [0.4, 0.5) is 18.9 Å². The third-order valence-corrected chi connectivity index (χ3v) is 4.30. The van der Waals surface area contributed by atoms with Crippen molar-refractivity contribution in [2.24, 2.45) is 5.92 Å². The molecule has 0 saturated carbocycles. The average Bonchev–Trinajstić information content (AvgIpc) is 3.15. The largest absolute Gasteiger partial charge is 0.416 e. The number of anilines is 1. The molecule has 6 nitrogen and oxygen atoms in total. The van der Waals surface area contributed by atoms with Crippen LogP contribution in [0.3, 0.4) is 0 Å². The second-order valence-corrected chi connectivity index (χ2v) is 6.29. The quantitative estimate of drug-likeness (QED) is 0.886. The number of alkyl halides is 3. The Morgan fingerprint density at radius 3 is 2.58 bits per heavy atom. The fraction of sp³-hybridized carbons (Fsp3) is 0.529. The summed E-state index contributed by atoms with van der Waals surface area (Å²) in [5.74, 6) is -1.49. The maximum atomic E-state index is 13.2. The van der Waals surface area contributed by atoms with E-state index in [1.54, 1.807) is 0 Å². The lowest BCUT2D eigenvalue weighted by Gasteiger charge is -2.26. The number of nitrogens with zero attached hydrogens (tertiary/aromatic N) is 1. The Balaban J connectivity index is 1.85. The van der Waals surface area contributed by atoms with Gasteiger partial charge in [0.15, 0.2) is 0 Å². The Morgan fingerprint density at radius 2 is 1.96 bits per heavy atom. The molecule has 2 aliphatic heterocycles. The number of ether oxygens (including phenoxy) is 1. The van der Waals surface area contributed by atoms with Crippen molar-refractivity contribution in [2.45, 2.75) is 25.4 Å². The van der Waals surface area contributed by atoms with E-state index >= 15 is 0 Å². The highest BCUT2D eigenvalue weighted by atomic mass is 19.4. The lowest BCUT2D eigenvalue weighted by molar-refractivity contribution is -0.144. The second kappa shape index (κ2) is 7.63. The van der Waals surface area contributed by atoms with Gasteiger partial charge in [0.2, 0.25) is 5.91 Å². The van der Waals surface area contributed by atoms with Crippen LogP contribution in [0.2, 0.25) is 0 Å². The molecule has 1 unspecified atom stereocenters. The van der Waals surface area contributed by atoms with Gasteiger partial charge in [0.05, 0.1) is 24.7 Å². The average molecular weight is 372 g/mol. The van der Waals surface area contributed by atoms with Gasteiger partial charge in [-0.15, -0.1) is 0 Å². The minimum Gasteiger partial charge on any atom is -0.381 e. The van der Waals surface area contributed by atoms with Crippen molar-refractivity contribution in [3.63, 3.8) is 0 Å². The fourth-order valence-corrected chi connectivity index (χ4v) is 2.87. The zero-order valence-corrected chi connectivity index (χ0v) is 14.0. The number of benzene rings is 1. The Bertz CT molecular complexity index is 681.